The van der Waals surface area contributed by atoms with Crippen molar-refractivity contribution >= 4 is 11.9 Å². The third-order valence-corrected chi connectivity index (χ3v) is 5.85. The number of guanidine groups is 1. The van der Waals surface area contributed by atoms with Gasteiger partial charge in [0.2, 0.25) is 0 Å². The standard InChI is InChI=1S/C15H23N3O/c16-14-17-13(19)1-2-18(14)9-15-6-10-3-11(7-15)5-12(4-10)8-15/h10-12H,1-9H2,(H2,16,17,19). The minimum atomic E-state index is -0.0562. The van der Waals surface area contributed by atoms with Crippen molar-refractivity contribution in [2.75, 3.05) is 13.1 Å². The summed E-state index contributed by atoms with van der Waals surface area (Å²) in [5.41, 5.74) is 6.44. The maximum Gasteiger partial charge on any atom is 0.250 e. The summed E-state index contributed by atoms with van der Waals surface area (Å²) < 4.78 is 0. The van der Waals surface area contributed by atoms with E-state index in [1.54, 1.807) is 0 Å². The molecule has 4 saturated carbocycles. The summed E-state index contributed by atoms with van der Waals surface area (Å²) in [6.07, 6.45) is 9.11. The summed E-state index contributed by atoms with van der Waals surface area (Å²) in [4.78, 5) is 17.4. The van der Waals surface area contributed by atoms with Gasteiger partial charge in [-0.2, -0.15) is 4.99 Å². The molecule has 0 radical (unpaired) electrons. The van der Waals surface area contributed by atoms with Crippen molar-refractivity contribution in [2.24, 2.45) is 33.9 Å². The summed E-state index contributed by atoms with van der Waals surface area (Å²) in [5, 5.41) is 0. The lowest BCUT2D eigenvalue weighted by molar-refractivity contribution is -0.119. The Kier molecular flexibility index (Phi) is 2.45. The first kappa shape index (κ1) is 11.7. The molecule has 1 heterocycles. The summed E-state index contributed by atoms with van der Waals surface area (Å²) in [6, 6.07) is 0. The third kappa shape index (κ3) is 1.96. The number of nitrogens with two attached hydrogens (primary N) is 1. The lowest BCUT2D eigenvalue weighted by Crippen LogP contribution is -2.54. The summed E-state index contributed by atoms with van der Waals surface area (Å²) in [7, 11) is 0. The van der Waals surface area contributed by atoms with Gasteiger partial charge in [0.05, 0.1) is 0 Å². The number of amides is 1. The zero-order chi connectivity index (χ0) is 13.0. The van der Waals surface area contributed by atoms with Crippen molar-refractivity contribution in [3.05, 3.63) is 0 Å². The molecule has 0 aromatic carbocycles. The molecule has 0 saturated heterocycles. The average Bonchev–Trinajstić information content (AvgIpc) is 2.31. The topological polar surface area (TPSA) is 58.7 Å². The summed E-state index contributed by atoms with van der Waals surface area (Å²) >= 11 is 0. The Morgan fingerprint density at radius 1 is 1.16 bits per heavy atom. The minimum Gasteiger partial charge on any atom is -0.369 e. The van der Waals surface area contributed by atoms with Gasteiger partial charge in [0.25, 0.3) is 5.91 Å². The van der Waals surface area contributed by atoms with Crippen molar-refractivity contribution < 1.29 is 4.79 Å². The van der Waals surface area contributed by atoms with Crippen molar-refractivity contribution in [3.63, 3.8) is 0 Å². The van der Waals surface area contributed by atoms with Crippen LogP contribution in [0.25, 0.3) is 0 Å². The Balaban J connectivity index is 1.53. The quantitative estimate of drug-likeness (QED) is 0.824. The van der Waals surface area contributed by atoms with E-state index in [-0.39, 0.29) is 5.91 Å². The van der Waals surface area contributed by atoms with Crippen LogP contribution in [0.2, 0.25) is 0 Å². The van der Waals surface area contributed by atoms with Crippen LogP contribution in [0.1, 0.15) is 44.9 Å². The third-order valence-electron chi connectivity index (χ3n) is 5.85. The molecule has 4 fully saturated rings. The molecule has 5 aliphatic rings. The monoisotopic (exact) mass is 261 g/mol. The first-order valence-electron chi connectivity index (χ1n) is 7.74. The molecule has 1 amide bonds. The normalized spacial score (nSPS) is 44.6. The van der Waals surface area contributed by atoms with E-state index in [2.05, 4.69) is 9.89 Å². The van der Waals surface area contributed by atoms with Crippen LogP contribution in [0.3, 0.4) is 0 Å². The van der Waals surface area contributed by atoms with Gasteiger partial charge in [-0.25, -0.2) is 0 Å². The molecule has 2 N–H and O–H groups in total. The summed E-state index contributed by atoms with van der Waals surface area (Å²) in [6.45, 7) is 1.81. The van der Waals surface area contributed by atoms with E-state index >= 15 is 0 Å². The van der Waals surface area contributed by atoms with E-state index in [0.29, 0.717) is 17.8 Å². The van der Waals surface area contributed by atoms with E-state index < -0.39 is 0 Å². The molecule has 4 nitrogen and oxygen atoms in total. The number of hydrogen-bond acceptors (Lipinski definition) is 3. The highest BCUT2D eigenvalue weighted by Gasteiger charge is 2.51. The predicted molar refractivity (Wildman–Crippen MR) is 73.4 cm³/mol. The molecule has 4 aliphatic carbocycles. The predicted octanol–water partition coefficient (Wildman–Crippen LogP) is 1.75. The molecule has 19 heavy (non-hydrogen) atoms. The second-order valence-corrected chi connectivity index (χ2v) is 7.45. The average molecular weight is 261 g/mol. The fraction of sp³-hybridized carbons (Fsp3) is 0.867. The number of nitrogens with zero attached hydrogens (tertiary/aromatic N) is 2. The molecule has 5 rings (SSSR count). The van der Waals surface area contributed by atoms with Crippen LogP contribution in [0, 0.1) is 23.2 Å². The van der Waals surface area contributed by atoms with Gasteiger partial charge in [-0.15, -0.1) is 0 Å². The molecule has 0 spiro atoms. The lowest BCUT2D eigenvalue weighted by atomic mass is 9.49. The van der Waals surface area contributed by atoms with Crippen LogP contribution in [-0.4, -0.2) is 29.9 Å². The zero-order valence-corrected chi connectivity index (χ0v) is 11.5. The van der Waals surface area contributed by atoms with Crippen molar-refractivity contribution in [1.82, 2.24) is 4.90 Å². The molecule has 0 unspecified atom stereocenters. The largest absolute Gasteiger partial charge is 0.369 e. The van der Waals surface area contributed by atoms with Crippen LogP contribution in [0.15, 0.2) is 4.99 Å². The van der Waals surface area contributed by atoms with E-state index in [0.717, 1.165) is 30.8 Å². The second-order valence-electron chi connectivity index (χ2n) is 7.45. The molecule has 0 aromatic heterocycles. The number of hydrogen-bond donors (Lipinski definition) is 1. The van der Waals surface area contributed by atoms with Crippen LogP contribution < -0.4 is 5.73 Å². The Morgan fingerprint density at radius 2 is 1.74 bits per heavy atom. The minimum absolute atomic E-state index is 0.0562. The number of carbonyl (C=O) groups is 1. The van der Waals surface area contributed by atoms with Crippen molar-refractivity contribution in [1.29, 1.82) is 0 Å². The van der Waals surface area contributed by atoms with Crippen molar-refractivity contribution in [2.45, 2.75) is 44.9 Å². The second kappa shape index (κ2) is 3.97. The molecule has 0 aromatic rings. The van der Waals surface area contributed by atoms with Gasteiger partial charge < -0.3 is 10.6 Å². The highest BCUT2D eigenvalue weighted by atomic mass is 16.1. The first-order valence-corrected chi connectivity index (χ1v) is 7.74. The fourth-order valence-corrected chi connectivity index (χ4v) is 5.65. The summed E-state index contributed by atoms with van der Waals surface area (Å²) in [5.74, 6) is 3.31. The van der Waals surface area contributed by atoms with Crippen LogP contribution >= 0.6 is 0 Å². The van der Waals surface area contributed by atoms with Gasteiger partial charge in [0.1, 0.15) is 0 Å². The highest BCUT2D eigenvalue weighted by molar-refractivity contribution is 5.94. The zero-order valence-electron chi connectivity index (χ0n) is 11.5. The maximum absolute atomic E-state index is 11.3. The van der Waals surface area contributed by atoms with Gasteiger partial charge in [0, 0.05) is 19.5 Å². The molecular weight excluding hydrogens is 238 g/mol. The Bertz CT molecular complexity index is 407. The SMILES string of the molecule is NC1=NC(=O)CCN1CC12CC3CC(CC(C3)C1)C2. The Morgan fingerprint density at radius 3 is 2.26 bits per heavy atom. The van der Waals surface area contributed by atoms with E-state index in [4.69, 9.17) is 5.73 Å². The highest BCUT2D eigenvalue weighted by Crippen LogP contribution is 2.60. The molecule has 4 heteroatoms. The molecular formula is C15H23N3O. The lowest BCUT2D eigenvalue weighted by Gasteiger charge is -2.58. The molecule has 0 atom stereocenters. The van der Waals surface area contributed by atoms with Gasteiger partial charge in [-0.05, 0) is 61.7 Å². The molecule has 4 bridgehead atoms. The maximum atomic E-state index is 11.3. The van der Waals surface area contributed by atoms with E-state index in [1.165, 1.54) is 38.5 Å². The molecule has 1 aliphatic heterocycles. The van der Waals surface area contributed by atoms with Gasteiger partial charge in [-0.3, -0.25) is 4.79 Å². The van der Waals surface area contributed by atoms with Crippen LogP contribution in [-0.2, 0) is 4.79 Å². The first-order chi connectivity index (χ1) is 9.12. The Hall–Kier alpha value is -1.06. The van der Waals surface area contributed by atoms with E-state index in [1.807, 2.05) is 0 Å². The fourth-order valence-electron chi connectivity index (χ4n) is 5.65. The Labute approximate surface area is 114 Å². The number of carbonyl (C=O) groups excluding carboxylic acids is 1. The van der Waals surface area contributed by atoms with Gasteiger partial charge in [0.15, 0.2) is 5.96 Å². The van der Waals surface area contributed by atoms with Crippen LogP contribution in [0.5, 0.6) is 0 Å². The molecule has 104 valence electrons. The van der Waals surface area contributed by atoms with Gasteiger partial charge in [-0.1, -0.05) is 0 Å². The van der Waals surface area contributed by atoms with Crippen molar-refractivity contribution in [3.8, 4) is 0 Å². The number of aliphatic imine (C=N–C) groups is 1. The van der Waals surface area contributed by atoms with Crippen LogP contribution in [0.4, 0.5) is 0 Å². The smallest absolute Gasteiger partial charge is 0.250 e. The van der Waals surface area contributed by atoms with E-state index in [9.17, 15) is 4.79 Å². The number of rotatable bonds is 2. The van der Waals surface area contributed by atoms with Gasteiger partial charge >= 0.3 is 0 Å².